The lowest BCUT2D eigenvalue weighted by atomic mass is 10.3. The zero-order valence-electron chi connectivity index (χ0n) is 11.9. The van der Waals surface area contributed by atoms with E-state index < -0.39 is 0 Å². The minimum Gasteiger partial charge on any atom is -0.445 e. The molecule has 0 aliphatic carbocycles. The Morgan fingerprint density at radius 2 is 2.15 bits per heavy atom. The number of oxazole rings is 1. The Bertz CT molecular complexity index is 728. The first kappa shape index (κ1) is 12.9. The van der Waals surface area contributed by atoms with Crippen LogP contribution in [0.1, 0.15) is 30.4 Å². The Kier molecular flexibility index (Phi) is 3.28. The van der Waals surface area contributed by atoms with Crippen molar-refractivity contribution >= 4 is 11.0 Å². The molecule has 0 bridgehead atoms. The van der Waals surface area contributed by atoms with Crippen molar-refractivity contribution in [3.05, 3.63) is 47.9 Å². The zero-order chi connectivity index (χ0) is 14.1. The first-order valence-electron chi connectivity index (χ1n) is 6.71. The molecule has 1 unspecified atom stereocenters. The van der Waals surface area contributed by atoms with Crippen molar-refractivity contribution in [2.75, 3.05) is 0 Å². The lowest BCUT2D eigenvalue weighted by Gasteiger charge is -2.12. The molecule has 0 saturated heterocycles. The molecule has 0 amide bonds. The highest BCUT2D eigenvalue weighted by molar-refractivity contribution is 5.75. The second kappa shape index (κ2) is 5.09. The number of benzene rings is 1. The average molecular weight is 270 g/mol. The minimum absolute atomic E-state index is 0.125. The molecule has 0 saturated carbocycles. The van der Waals surface area contributed by atoms with Gasteiger partial charge < -0.3 is 8.98 Å². The number of aryl methyl sites for hydroxylation is 2. The maximum atomic E-state index is 5.46. The van der Waals surface area contributed by atoms with E-state index in [-0.39, 0.29) is 6.04 Å². The summed E-state index contributed by atoms with van der Waals surface area (Å²) in [7, 11) is 2.04. The average Bonchev–Trinajstić information content (AvgIpc) is 3.01. The lowest BCUT2D eigenvalue weighted by Crippen LogP contribution is -2.21. The number of hydrogen-bond donors (Lipinski definition) is 1. The number of para-hydroxylation sites is 2. The molecule has 20 heavy (non-hydrogen) atoms. The summed E-state index contributed by atoms with van der Waals surface area (Å²) >= 11 is 0. The molecule has 0 fully saturated rings. The molecule has 5 heteroatoms. The summed E-state index contributed by atoms with van der Waals surface area (Å²) in [5.74, 6) is 2.54. The summed E-state index contributed by atoms with van der Waals surface area (Å²) in [6, 6.07) is 8.27. The van der Waals surface area contributed by atoms with Crippen molar-refractivity contribution in [1.82, 2.24) is 19.9 Å². The molecule has 3 aromatic rings. The van der Waals surface area contributed by atoms with E-state index in [4.69, 9.17) is 4.42 Å². The Labute approximate surface area is 117 Å². The van der Waals surface area contributed by atoms with E-state index >= 15 is 0 Å². The smallest absolute Gasteiger partial charge is 0.208 e. The predicted molar refractivity (Wildman–Crippen MR) is 77.2 cm³/mol. The van der Waals surface area contributed by atoms with Crippen LogP contribution in [-0.2, 0) is 13.6 Å². The number of rotatable bonds is 4. The van der Waals surface area contributed by atoms with E-state index in [1.165, 1.54) is 0 Å². The third kappa shape index (κ3) is 2.32. The van der Waals surface area contributed by atoms with Crippen molar-refractivity contribution < 1.29 is 4.42 Å². The van der Waals surface area contributed by atoms with Crippen molar-refractivity contribution in [2.45, 2.75) is 26.4 Å². The predicted octanol–water partition coefficient (Wildman–Crippen LogP) is 2.72. The Morgan fingerprint density at radius 3 is 2.85 bits per heavy atom. The standard InChI is InChI=1S/C15H18N4O/c1-10-8-17-14(20-10)9-16-11(2)15-18-12-6-4-5-7-13(12)19(15)3/h4-8,11,16H,9H2,1-3H3. The fourth-order valence-electron chi connectivity index (χ4n) is 2.37. The fourth-order valence-corrected chi connectivity index (χ4v) is 2.37. The van der Waals surface area contributed by atoms with Crippen molar-refractivity contribution in [2.24, 2.45) is 7.05 Å². The van der Waals surface area contributed by atoms with Crippen LogP contribution in [0.2, 0.25) is 0 Å². The summed E-state index contributed by atoms with van der Waals surface area (Å²) in [5.41, 5.74) is 2.16. The molecule has 0 spiro atoms. The number of nitrogens with one attached hydrogen (secondary N) is 1. The van der Waals surface area contributed by atoms with Gasteiger partial charge in [0, 0.05) is 7.05 Å². The highest BCUT2D eigenvalue weighted by Gasteiger charge is 2.14. The maximum Gasteiger partial charge on any atom is 0.208 e. The normalized spacial score (nSPS) is 12.9. The van der Waals surface area contributed by atoms with Gasteiger partial charge in [0.1, 0.15) is 11.6 Å². The minimum atomic E-state index is 0.125. The van der Waals surface area contributed by atoms with Gasteiger partial charge in [0.2, 0.25) is 5.89 Å². The number of imidazole rings is 1. The van der Waals surface area contributed by atoms with Crippen molar-refractivity contribution in [3.8, 4) is 0 Å². The molecule has 1 N–H and O–H groups in total. The van der Waals surface area contributed by atoms with E-state index in [9.17, 15) is 0 Å². The van der Waals surface area contributed by atoms with E-state index in [1.54, 1.807) is 6.20 Å². The van der Waals surface area contributed by atoms with Crippen LogP contribution in [0.5, 0.6) is 0 Å². The van der Waals surface area contributed by atoms with E-state index in [1.807, 2.05) is 32.2 Å². The van der Waals surface area contributed by atoms with Crippen molar-refractivity contribution in [1.29, 1.82) is 0 Å². The number of hydrogen-bond acceptors (Lipinski definition) is 4. The molecule has 0 aliphatic heterocycles. The van der Waals surface area contributed by atoms with Crippen LogP contribution in [-0.4, -0.2) is 14.5 Å². The fraction of sp³-hybridized carbons (Fsp3) is 0.333. The quantitative estimate of drug-likeness (QED) is 0.792. The van der Waals surface area contributed by atoms with Crippen LogP contribution < -0.4 is 5.32 Å². The van der Waals surface area contributed by atoms with Gasteiger partial charge >= 0.3 is 0 Å². The van der Waals surface area contributed by atoms with Gasteiger partial charge in [0.05, 0.1) is 29.8 Å². The Morgan fingerprint density at radius 1 is 1.35 bits per heavy atom. The Hall–Kier alpha value is -2.14. The zero-order valence-corrected chi connectivity index (χ0v) is 11.9. The molecule has 2 aromatic heterocycles. The maximum absolute atomic E-state index is 5.46. The van der Waals surface area contributed by atoms with Crippen LogP contribution in [0.25, 0.3) is 11.0 Å². The van der Waals surface area contributed by atoms with Crippen molar-refractivity contribution in [3.63, 3.8) is 0 Å². The highest BCUT2D eigenvalue weighted by Crippen LogP contribution is 2.19. The van der Waals surface area contributed by atoms with Gasteiger partial charge in [-0.05, 0) is 26.0 Å². The molecular weight excluding hydrogens is 252 g/mol. The Balaban J connectivity index is 1.78. The number of aromatic nitrogens is 3. The van der Waals surface area contributed by atoms with Crippen LogP contribution in [0.15, 0.2) is 34.9 Å². The first-order valence-corrected chi connectivity index (χ1v) is 6.71. The molecule has 3 rings (SSSR count). The third-order valence-electron chi connectivity index (χ3n) is 3.44. The second-order valence-corrected chi connectivity index (χ2v) is 4.98. The highest BCUT2D eigenvalue weighted by atomic mass is 16.4. The lowest BCUT2D eigenvalue weighted by molar-refractivity contribution is 0.425. The van der Waals surface area contributed by atoms with Crippen LogP contribution in [0, 0.1) is 6.92 Å². The largest absolute Gasteiger partial charge is 0.445 e. The summed E-state index contributed by atoms with van der Waals surface area (Å²) in [5, 5.41) is 3.39. The molecule has 5 nitrogen and oxygen atoms in total. The van der Waals surface area contributed by atoms with E-state index in [0.717, 1.165) is 22.6 Å². The molecule has 0 radical (unpaired) electrons. The van der Waals surface area contributed by atoms with Gasteiger partial charge in [-0.15, -0.1) is 0 Å². The van der Waals surface area contributed by atoms with E-state index in [2.05, 4.69) is 32.8 Å². The SMILES string of the molecule is Cc1cnc(CNC(C)c2nc3ccccc3n2C)o1. The van der Waals surface area contributed by atoms with Gasteiger partial charge in [-0.2, -0.15) is 0 Å². The molecule has 0 aliphatic rings. The molecular formula is C15H18N4O. The van der Waals surface area contributed by atoms with Gasteiger partial charge in [0.25, 0.3) is 0 Å². The van der Waals surface area contributed by atoms with Crippen LogP contribution >= 0.6 is 0 Å². The third-order valence-corrected chi connectivity index (χ3v) is 3.44. The molecule has 104 valence electrons. The summed E-state index contributed by atoms with van der Waals surface area (Å²) in [6.45, 7) is 4.58. The summed E-state index contributed by atoms with van der Waals surface area (Å²) in [4.78, 5) is 8.87. The summed E-state index contributed by atoms with van der Waals surface area (Å²) < 4.78 is 7.58. The van der Waals surface area contributed by atoms with Gasteiger partial charge in [-0.1, -0.05) is 12.1 Å². The van der Waals surface area contributed by atoms with Gasteiger partial charge in [-0.25, -0.2) is 9.97 Å². The number of nitrogens with zero attached hydrogens (tertiary/aromatic N) is 3. The summed E-state index contributed by atoms with van der Waals surface area (Å²) in [6.07, 6.45) is 1.73. The monoisotopic (exact) mass is 270 g/mol. The molecule has 2 heterocycles. The molecule has 1 atom stereocenters. The van der Waals surface area contributed by atoms with Crippen LogP contribution in [0.4, 0.5) is 0 Å². The topological polar surface area (TPSA) is 55.9 Å². The van der Waals surface area contributed by atoms with Gasteiger partial charge in [0.15, 0.2) is 0 Å². The van der Waals surface area contributed by atoms with Crippen LogP contribution in [0.3, 0.4) is 0 Å². The second-order valence-electron chi connectivity index (χ2n) is 4.98. The first-order chi connectivity index (χ1) is 9.65. The van der Waals surface area contributed by atoms with Gasteiger partial charge in [-0.3, -0.25) is 5.32 Å². The number of fused-ring (bicyclic) bond motifs is 1. The molecule has 1 aromatic carbocycles. The van der Waals surface area contributed by atoms with E-state index in [0.29, 0.717) is 12.4 Å².